The largest absolute Gasteiger partial charge is 0.468 e. The molecule has 4 heterocycles. The number of nitrogens with two attached hydrogens (primary N) is 1. The summed E-state index contributed by atoms with van der Waals surface area (Å²) in [4.78, 5) is 26.1. The zero-order chi connectivity index (χ0) is 24.7. The molecule has 1 aliphatic heterocycles. The SMILES string of the molecule is COC(=O)C1=c2s/c(=C\c3ccco3)c(=O)n2C(N)=C(S(=O)(=O)c2ccccc2)[C@@H]1c1ccco1. The molecule has 4 aromatic rings. The Hall–Kier alpha value is -4.09. The van der Waals surface area contributed by atoms with Crippen LogP contribution in [0.15, 0.2) is 90.6 Å². The molecule has 0 saturated carbocycles. The normalized spacial score (nSPS) is 16.4. The van der Waals surface area contributed by atoms with Gasteiger partial charge in [-0.25, -0.2) is 13.2 Å². The lowest BCUT2D eigenvalue weighted by Gasteiger charge is -2.26. The van der Waals surface area contributed by atoms with Gasteiger partial charge in [0.25, 0.3) is 5.56 Å². The summed E-state index contributed by atoms with van der Waals surface area (Å²) in [7, 11) is -3.10. The zero-order valence-corrected chi connectivity index (χ0v) is 19.8. The minimum atomic E-state index is -4.28. The fraction of sp³-hybridized carbons (Fsp3) is 0.0833. The van der Waals surface area contributed by atoms with Crippen LogP contribution in [0.2, 0.25) is 0 Å². The molecule has 35 heavy (non-hydrogen) atoms. The van der Waals surface area contributed by atoms with Crippen molar-refractivity contribution in [1.29, 1.82) is 0 Å². The number of esters is 1. The molecule has 0 saturated heterocycles. The van der Waals surface area contributed by atoms with Gasteiger partial charge in [0.15, 0.2) is 0 Å². The molecule has 3 aromatic heterocycles. The number of sulfone groups is 1. The number of allylic oxidation sites excluding steroid dienone is 1. The Morgan fingerprint density at radius 3 is 2.43 bits per heavy atom. The van der Waals surface area contributed by atoms with E-state index in [2.05, 4.69) is 0 Å². The molecule has 1 aliphatic rings. The van der Waals surface area contributed by atoms with E-state index in [4.69, 9.17) is 19.3 Å². The molecule has 2 N–H and O–H groups in total. The van der Waals surface area contributed by atoms with Crippen LogP contribution in [-0.4, -0.2) is 26.1 Å². The molecular formula is C24H18N2O7S2. The van der Waals surface area contributed by atoms with Crippen molar-refractivity contribution in [2.75, 3.05) is 7.11 Å². The van der Waals surface area contributed by atoms with Gasteiger partial charge >= 0.3 is 5.97 Å². The number of furan rings is 2. The van der Waals surface area contributed by atoms with Crippen molar-refractivity contribution in [1.82, 2.24) is 4.57 Å². The zero-order valence-electron chi connectivity index (χ0n) is 18.2. The number of nitrogens with zero attached hydrogens (tertiary/aromatic N) is 1. The summed E-state index contributed by atoms with van der Waals surface area (Å²) < 4.78 is 45.0. The fourth-order valence-electron chi connectivity index (χ4n) is 3.96. The average Bonchev–Trinajstić information content (AvgIpc) is 3.62. The van der Waals surface area contributed by atoms with Crippen LogP contribution < -0.4 is 20.5 Å². The molecule has 1 aromatic carbocycles. The van der Waals surface area contributed by atoms with Crippen LogP contribution in [0.3, 0.4) is 0 Å². The lowest BCUT2D eigenvalue weighted by Crippen LogP contribution is -2.41. The molecule has 0 spiro atoms. The van der Waals surface area contributed by atoms with E-state index in [0.717, 1.165) is 15.9 Å². The van der Waals surface area contributed by atoms with E-state index in [-0.39, 0.29) is 36.2 Å². The number of carbonyl (C=O) groups is 1. The number of fused-ring (bicyclic) bond motifs is 1. The van der Waals surface area contributed by atoms with E-state index < -0.39 is 27.3 Å². The Kier molecular flexibility index (Phi) is 5.58. The molecule has 0 unspecified atom stereocenters. The maximum absolute atomic E-state index is 13.9. The summed E-state index contributed by atoms with van der Waals surface area (Å²) in [6.07, 6.45) is 4.31. The monoisotopic (exact) mass is 510 g/mol. The van der Waals surface area contributed by atoms with Gasteiger partial charge < -0.3 is 19.3 Å². The minimum Gasteiger partial charge on any atom is -0.468 e. The third-order valence-electron chi connectivity index (χ3n) is 5.49. The first-order valence-corrected chi connectivity index (χ1v) is 12.6. The van der Waals surface area contributed by atoms with Crippen molar-refractivity contribution < 1.29 is 26.8 Å². The van der Waals surface area contributed by atoms with Crippen molar-refractivity contribution in [3.8, 4) is 0 Å². The summed E-state index contributed by atoms with van der Waals surface area (Å²) in [5.41, 5.74) is 5.75. The first kappa shape index (κ1) is 22.7. The third-order valence-corrected chi connectivity index (χ3v) is 8.52. The highest BCUT2D eigenvalue weighted by molar-refractivity contribution is 7.95. The molecule has 5 rings (SSSR count). The molecule has 0 amide bonds. The van der Waals surface area contributed by atoms with Gasteiger partial charge in [-0.2, -0.15) is 0 Å². The Bertz CT molecular complexity index is 1730. The Morgan fingerprint density at radius 1 is 1.09 bits per heavy atom. The van der Waals surface area contributed by atoms with Crippen LogP contribution in [0.4, 0.5) is 0 Å². The summed E-state index contributed by atoms with van der Waals surface area (Å²) in [6, 6.07) is 14.1. The standard InChI is InChI=1S/C24H18N2O7S2/c1-31-24(28)19-18(16-10-6-12-33-16)20(35(29,30)15-8-3-2-4-9-15)21(25)26-22(27)17(34-23(19)26)13-14-7-5-11-32-14/h2-13,18H,25H2,1H3/b17-13-/t18-/m1/s1. The summed E-state index contributed by atoms with van der Waals surface area (Å²) in [5.74, 6) is -1.82. The second-order valence-corrected chi connectivity index (χ2v) is 10.4. The van der Waals surface area contributed by atoms with Gasteiger partial charge in [-0.05, 0) is 36.4 Å². The van der Waals surface area contributed by atoms with Crippen LogP contribution in [0, 0.1) is 0 Å². The number of benzene rings is 1. The van der Waals surface area contributed by atoms with Gasteiger partial charge in [-0.15, -0.1) is 11.3 Å². The Balaban J connectivity index is 1.93. The van der Waals surface area contributed by atoms with Crippen molar-refractivity contribution in [3.63, 3.8) is 0 Å². The highest BCUT2D eigenvalue weighted by Crippen LogP contribution is 2.42. The van der Waals surface area contributed by atoms with Gasteiger partial charge in [0.2, 0.25) is 9.84 Å². The summed E-state index contributed by atoms with van der Waals surface area (Å²) in [6.45, 7) is 0. The maximum atomic E-state index is 13.9. The van der Waals surface area contributed by atoms with Crippen LogP contribution in [0.25, 0.3) is 17.5 Å². The molecule has 0 fully saturated rings. The van der Waals surface area contributed by atoms with E-state index in [1.807, 2.05) is 0 Å². The first-order valence-electron chi connectivity index (χ1n) is 10.3. The second kappa shape index (κ2) is 8.60. The number of hydrogen-bond donors (Lipinski definition) is 1. The quantitative estimate of drug-likeness (QED) is 0.400. The molecule has 1 atom stereocenters. The minimum absolute atomic E-state index is 0.0483. The third kappa shape index (κ3) is 3.65. The van der Waals surface area contributed by atoms with E-state index >= 15 is 0 Å². The first-order chi connectivity index (χ1) is 16.8. The lowest BCUT2D eigenvalue weighted by molar-refractivity contribution is -0.134. The fourth-order valence-corrected chi connectivity index (χ4v) is 6.78. The van der Waals surface area contributed by atoms with Crippen LogP contribution in [-0.2, 0) is 19.4 Å². The van der Waals surface area contributed by atoms with Crippen molar-refractivity contribution >= 4 is 44.6 Å². The predicted octanol–water partition coefficient (Wildman–Crippen LogP) is 1.60. The molecule has 0 radical (unpaired) electrons. The van der Waals surface area contributed by atoms with Gasteiger partial charge in [0, 0.05) is 6.08 Å². The van der Waals surface area contributed by atoms with Crippen molar-refractivity contribution in [2.24, 2.45) is 5.73 Å². The predicted molar refractivity (Wildman–Crippen MR) is 128 cm³/mol. The second-order valence-electron chi connectivity index (χ2n) is 7.49. The van der Waals surface area contributed by atoms with E-state index in [1.165, 1.54) is 37.8 Å². The van der Waals surface area contributed by atoms with Gasteiger partial charge in [-0.3, -0.25) is 9.36 Å². The van der Waals surface area contributed by atoms with Gasteiger partial charge in [0.1, 0.15) is 26.9 Å². The maximum Gasteiger partial charge on any atom is 0.337 e. The molecule has 0 bridgehead atoms. The molecule has 0 aliphatic carbocycles. The number of hydrogen-bond acceptors (Lipinski definition) is 9. The highest BCUT2D eigenvalue weighted by atomic mass is 32.2. The smallest absolute Gasteiger partial charge is 0.337 e. The molecular weight excluding hydrogens is 492 g/mol. The Labute approximate surface area is 202 Å². The van der Waals surface area contributed by atoms with E-state index in [1.54, 1.807) is 42.5 Å². The topological polar surface area (TPSA) is 135 Å². The highest BCUT2D eigenvalue weighted by Gasteiger charge is 2.43. The van der Waals surface area contributed by atoms with Crippen LogP contribution >= 0.6 is 11.3 Å². The molecule has 178 valence electrons. The molecule has 11 heteroatoms. The number of methoxy groups -OCH3 is 1. The molecule has 9 nitrogen and oxygen atoms in total. The van der Waals surface area contributed by atoms with Crippen LogP contribution in [0.5, 0.6) is 0 Å². The Morgan fingerprint density at radius 2 is 1.80 bits per heavy atom. The van der Waals surface area contributed by atoms with Crippen LogP contribution in [0.1, 0.15) is 17.4 Å². The number of ether oxygens (including phenoxy) is 1. The number of rotatable bonds is 5. The number of thiazole rings is 1. The lowest BCUT2D eigenvalue weighted by atomic mass is 9.94. The summed E-state index contributed by atoms with van der Waals surface area (Å²) in [5, 5.41) is 0. The summed E-state index contributed by atoms with van der Waals surface area (Å²) >= 11 is 0.972. The number of carbonyl (C=O) groups excluding carboxylic acids is 1. The van der Waals surface area contributed by atoms with Gasteiger partial charge in [0.05, 0.1) is 40.6 Å². The average molecular weight is 511 g/mol. The van der Waals surface area contributed by atoms with Crippen molar-refractivity contribution in [3.05, 3.63) is 103 Å². The van der Waals surface area contributed by atoms with Gasteiger partial charge in [-0.1, -0.05) is 18.2 Å². The van der Waals surface area contributed by atoms with E-state index in [9.17, 15) is 18.0 Å². The number of aromatic nitrogens is 1. The van der Waals surface area contributed by atoms with E-state index in [0.29, 0.717) is 5.76 Å². The van der Waals surface area contributed by atoms with Crippen molar-refractivity contribution in [2.45, 2.75) is 10.8 Å².